The van der Waals surface area contributed by atoms with Crippen LogP contribution in [0.15, 0.2) is 0 Å². The molecule has 2 nitrogen and oxygen atoms in total. The van der Waals surface area contributed by atoms with Gasteiger partial charge in [-0.25, -0.2) is 0 Å². The van der Waals surface area contributed by atoms with Crippen molar-refractivity contribution in [3.05, 3.63) is 7.05 Å². The standard InChI is InChI=1S/C7H14NO/c1-6-4-8(2)5-7(6)9-3/h6-7H,2,4-5H2,1,3H3/q-1/t6-,7-/m0/s1. The highest BCUT2D eigenvalue weighted by molar-refractivity contribution is 4.81. The second-order valence-electron chi connectivity index (χ2n) is 2.79. The Morgan fingerprint density at radius 1 is 1.56 bits per heavy atom. The summed E-state index contributed by atoms with van der Waals surface area (Å²) in [5.41, 5.74) is 0. The first-order valence-electron chi connectivity index (χ1n) is 3.32. The first-order chi connectivity index (χ1) is 4.24. The van der Waals surface area contributed by atoms with Gasteiger partial charge in [-0.1, -0.05) is 6.92 Å². The Morgan fingerprint density at radius 2 is 2.22 bits per heavy atom. The van der Waals surface area contributed by atoms with Gasteiger partial charge in [0.25, 0.3) is 0 Å². The molecule has 0 saturated carbocycles. The summed E-state index contributed by atoms with van der Waals surface area (Å²) in [7, 11) is 5.60. The fraction of sp³-hybridized carbons (Fsp3) is 0.857. The molecule has 0 spiro atoms. The number of hydrogen-bond donors (Lipinski definition) is 0. The number of nitrogens with zero attached hydrogens (tertiary/aromatic N) is 1. The largest absolute Gasteiger partial charge is 0.457 e. The van der Waals surface area contributed by atoms with Crippen molar-refractivity contribution in [1.29, 1.82) is 0 Å². The number of ether oxygens (including phenoxy) is 1. The lowest BCUT2D eigenvalue weighted by molar-refractivity contribution is 0.0858. The molecule has 0 bridgehead atoms. The van der Waals surface area contributed by atoms with Gasteiger partial charge in [0.2, 0.25) is 0 Å². The van der Waals surface area contributed by atoms with Crippen LogP contribution in [0.25, 0.3) is 0 Å². The van der Waals surface area contributed by atoms with Crippen LogP contribution in [0.5, 0.6) is 0 Å². The van der Waals surface area contributed by atoms with Gasteiger partial charge in [0.15, 0.2) is 0 Å². The van der Waals surface area contributed by atoms with Crippen molar-refractivity contribution < 1.29 is 4.74 Å². The van der Waals surface area contributed by atoms with Gasteiger partial charge in [-0.3, -0.25) is 7.05 Å². The molecule has 1 saturated heterocycles. The van der Waals surface area contributed by atoms with Gasteiger partial charge in [-0.05, 0) is 19.0 Å². The molecule has 1 fully saturated rings. The second kappa shape index (κ2) is 2.67. The molecule has 54 valence electrons. The van der Waals surface area contributed by atoms with Crippen molar-refractivity contribution >= 4 is 0 Å². The van der Waals surface area contributed by atoms with Gasteiger partial charge in [0.05, 0.1) is 6.10 Å². The van der Waals surface area contributed by atoms with E-state index < -0.39 is 0 Å². The zero-order chi connectivity index (χ0) is 6.85. The van der Waals surface area contributed by atoms with E-state index in [2.05, 4.69) is 18.9 Å². The molecule has 0 aliphatic carbocycles. The molecule has 0 radical (unpaired) electrons. The summed E-state index contributed by atoms with van der Waals surface area (Å²) in [4.78, 5) is 2.05. The van der Waals surface area contributed by atoms with Crippen molar-refractivity contribution in [3.63, 3.8) is 0 Å². The summed E-state index contributed by atoms with van der Waals surface area (Å²) in [6.07, 6.45) is 0.405. The van der Waals surface area contributed by atoms with Gasteiger partial charge in [-0.2, -0.15) is 0 Å². The van der Waals surface area contributed by atoms with E-state index in [1.807, 2.05) is 0 Å². The first-order valence-corrected chi connectivity index (χ1v) is 3.32. The molecule has 0 aromatic rings. The van der Waals surface area contributed by atoms with Gasteiger partial charge in [0, 0.05) is 7.11 Å². The van der Waals surface area contributed by atoms with Crippen LogP contribution in [0.3, 0.4) is 0 Å². The van der Waals surface area contributed by atoms with Gasteiger partial charge in [-0.15, -0.1) is 0 Å². The number of likely N-dealkylation sites (tertiary alicyclic amines) is 1. The van der Waals surface area contributed by atoms with Crippen LogP contribution in [0.1, 0.15) is 6.92 Å². The average molecular weight is 128 g/mol. The quantitative estimate of drug-likeness (QED) is 0.483. The molecular formula is C7H14NO-. The Kier molecular flexibility index (Phi) is 2.09. The van der Waals surface area contributed by atoms with E-state index in [-0.39, 0.29) is 0 Å². The summed E-state index contributed by atoms with van der Waals surface area (Å²) >= 11 is 0. The van der Waals surface area contributed by atoms with Crippen LogP contribution in [-0.4, -0.2) is 31.2 Å². The number of rotatable bonds is 1. The Morgan fingerprint density at radius 3 is 2.44 bits per heavy atom. The highest BCUT2D eigenvalue weighted by Crippen LogP contribution is 2.16. The third-order valence-corrected chi connectivity index (χ3v) is 1.92. The maximum absolute atomic E-state index is 5.21. The van der Waals surface area contributed by atoms with Gasteiger partial charge in [0.1, 0.15) is 0 Å². The van der Waals surface area contributed by atoms with Crippen LogP contribution in [0, 0.1) is 13.0 Å². The maximum Gasteiger partial charge on any atom is 0.0710 e. The average Bonchev–Trinajstić information content (AvgIpc) is 2.10. The number of methoxy groups -OCH3 is 1. The molecule has 2 atom stereocenters. The van der Waals surface area contributed by atoms with E-state index in [0.29, 0.717) is 12.0 Å². The monoisotopic (exact) mass is 128 g/mol. The summed E-state index contributed by atoms with van der Waals surface area (Å²) in [5, 5.41) is 0. The molecule has 1 heterocycles. The lowest BCUT2D eigenvalue weighted by Gasteiger charge is -2.15. The van der Waals surface area contributed by atoms with Crippen molar-refractivity contribution in [1.82, 2.24) is 4.90 Å². The Labute approximate surface area is 56.8 Å². The van der Waals surface area contributed by atoms with Crippen LogP contribution in [-0.2, 0) is 4.74 Å². The Bertz CT molecular complexity index is 94.9. The van der Waals surface area contributed by atoms with E-state index in [9.17, 15) is 0 Å². The van der Waals surface area contributed by atoms with Crippen LogP contribution < -0.4 is 0 Å². The minimum atomic E-state index is 0.405. The topological polar surface area (TPSA) is 12.5 Å². The summed E-state index contributed by atoms with van der Waals surface area (Å²) in [5.74, 6) is 0.646. The van der Waals surface area contributed by atoms with E-state index in [1.165, 1.54) is 0 Å². The molecule has 9 heavy (non-hydrogen) atoms. The fourth-order valence-corrected chi connectivity index (χ4v) is 1.34. The molecular weight excluding hydrogens is 114 g/mol. The van der Waals surface area contributed by atoms with Crippen LogP contribution >= 0.6 is 0 Å². The van der Waals surface area contributed by atoms with Crippen molar-refractivity contribution in [2.24, 2.45) is 5.92 Å². The lowest BCUT2D eigenvalue weighted by atomic mass is 10.1. The molecule has 0 N–H and O–H groups in total. The van der Waals surface area contributed by atoms with Gasteiger partial charge < -0.3 is 9.64 Å². The highest BCUT2D eigenvalue weighted by atomic mass is 16.5. The van der Waals surface area contributed by atoms with Crippen molar-refractivity contribution in [2.75, 3.05) is 20.2 Å². The molecule has 1 aliphatic heterocycles. The predicted molar refractivity (Wildman–Crippen MR) is 36.9 cm³/mol. The van der Waals surface area contributed by atoms with E-state index >= 15 is 0 Å². The van der Waals surface area contributed by atoms with Crippen molar-refractivity contribution in [2.45, 2.75) is 13.0 Å². The molecule has 1 aliphatic rings. The van der Waals surface area contributed by atoms with Crippen LogP contribution in [0.4, 0.5) is 0 Å². The molecule has 0 unspecified atom stereocenters. The fourth-order valence-electron chi connectivity index (χ4n) is 1.34. The maximum atomic E-state index is 5.21. The van der Waals surface area contributed by atoms with E-state index in [1.54, 1.807) is 7.11 Å². The smallest absolute Gasteiger partial charge is 0.0710 e. The number of hydrogen-bond acceptors (Lipinski definition) is 2. The molecule has 0 amide bonds. The minimum Gasteiger partial charge on any atom is -0.457 e. The summed E-state index contributed by atoms with van der Waals surface area (Å²) < 4.78 is 5.21. The first kappa shape index (κ1) is 7.03. The Balaban J connectivity index is 2.38. The zero-order valence-electron chi connectivity index (χ0n) is 6.13. The van der Waals surface area contributed by atoms with E-state index in [4.69, 9.17) is 4.74 Å². The van der Waals surface area contributed by atoms with Crippen LogP contribution in [0.2, 0.25) is 0 Å². The lowest BCUT2D eigenvalue weighted by Crippen LogP contribution is -2.18. The molecule has 0 aromatic heterocycles. The SMILES string of the molecule is [CH2-]N1C[C@H](OC)[C@@H](C)C1. The Hall–Kier alpha value is -0.0800. The van der Waals surface area contributed by atoms with Crippen molar-refractivity contribution in [3.8, 4) is 0 Å². The summed E-state index contributed by atoms with van der Waals surface area (Å²) in [6, 6.07) is 0. The molecule has 2 heteroatoms. The molecule has 0 aromatic carbocycles. The third-order valence-electron chi connectivity index (χ3n) is 1.92. The normalized spacial score (nSPS) is 37.7. The van der Waals surface area contributed by atoms with E-state index in [0.717, 1.165) is 13.1 Å². The second-order valence-corrected chi connectivity index (χ2v) is 2.79. The zero-order valence-corrected chi connectivity index (χ0v) is 6.13. The van der Waals surface area contributed by atoms with Gasteiger partial charge >= 0.3 is 0 Å². The molecule has 1 rings (SSSR count). The minimum absolute atomic E-state index is 0.405. The predicted octanol–water partition coefficient (Wildman–Crippen LogP) is 0.745. The summed E-state index contributed by atoms with van der Waals surface area (Å²) in [6.45, 7) is 4.25. The highest BCUT2D eigenvalue weighted by Gasteiger charge is 2.23. The third kappa shape index (κ3) is 1.43.